The number of H-pyrrole nitrogens is 1. The highest BCUT2D eigenvalue weighted by Crippen LogP contribution is 2.20. The van der Waals surface area contributed by atoms with Gasteiger partial charge in [-0.15, -0.1) is 29.1 Å². The van der Waals surface area contributed by atoms with E-state index >= 15 is 0 Å². The molecule has 1 atom stereocenters. The van der Waals surface area contributed by atoms with Crippen LogP contribution in [0.15, 0.2) is 27.8 Å². The number of guanidine groups is 1. The van der Waals surface area contributed by atoms with Crippen LogP contribution in [0, 0.1) is 0 Å². The van der Waals surface area contributed by atoms with Gasteiger partial charge in [0.15, 0.2) is 11.7 Å². The summed E-state index contributed by atoms with van der Waals surface area (Å²) in [7, 11) is 0. The minimum atomic E-state index is -4.18. The van der Waals surface area contributed by atoms with Crippen molar-refractivity contribution in [2.24, 2.45) is 4.99 Å². The number of hydrogen-bond donors (Lipinski definition) is 3. The van der Waals surface area contributed by atoms with Crippen LogP contribution in [0.25, 0.3) is 11.6 Å². The van der Waals surface area contributed by atoms with Crippen LogP contribution in [0.2, 0.25) is 0 Å². The first kappa shape index (κ1) is 22.5. The molecule has 3 heterocycles. The first-order valence-corrected chi connectivity index (χ1v) is 8.72. The average Bonchev–Trinajstić information content (AvgIpc) is 3.33. The second-order valence-corrected chi connectivity index (χ2v) is 6.26. The lowest BCUT2D eigenvalue weighted by atomic mass is 10.3. The third kappa shape index (κ3) is 6.65. The van der Waals surface area contributed by atoms with Gasteiger partial charge in [0, 0.05) is 25.7 Å². The van der Waals surface area contributed by atoms with Crippen LogP contribution in [0.4, 0.5) is 13.2 Å². The molecule has 3 N–H and O–H groups in total. The number of aromatic amines is 1. The normalized spacial score (nSPS) is 18.1. The summed E-state index contributed by atoms with van der Waals surface area (Å²) in [6.07, 6.45) is -2.00. The van der Waals surface area contributed by atoms with Crippen molar-refractivity contribution in [3.05, 3.63) is 24.2 Å². The van der Waals surface area contributed by atoms with Crippen LogP contribution >= 0.6 is 24.0 Å². The summed E-state index contributed by atoms with van der Waals surface area (Å²) in [6.45, 7) is 2.67. The zero-order valence-corrected chi connectivity index (χ0v) is 17.6. The maximum absolute atomic E-state index is 12.5. The Morgan fingerprint density at radius 2 is 2.29 bits per heavy atom. The van der Waals surface area contributed by atoms with E-state index in [-0.39, 0.29) is 36.6 Å². The molecule has 8 nitrogen and oxygen atoms in total. The van der Waals surface area contributed by atoms with Gasteiger partial charge in [-0.3, -0.25) is 10.00 Å². The third-order valence-corrected chi connectivity index (χ3v) is 4.02. The molecule has 28 heavy (non-hydrogen) atoms. The van der Waals surface area contributed by atoms with E-state index in [4.69, 9.17) is 4.42 Å². The van der Waals surface area contributed by atoms with E-state index in [9.17, 15) is 13.2 Å². The Bertz CT molecular complexity index is 748. The second kappa shape index (κ2) is 10.1. The lowest BCUT2D eigenvalue weighted by Gasteiger charge is -2.19. The van der Waals surface area contributed by atoms with Crippen LogP contribution in [-0.2, 0) is 6.54 Å². The number of furan rings is 1. The highest BCUT2D eigenvalue weighted by Gasteiger charge is 2.34. The number of rotatable bonds is 6. The van der Waals surface area contributed by atoms with E-state index in [1.54, 1.807) is 18.4 Å². The summed E-state index contributed by atoms with van der Waals surface area (Å²) in [6, 6.07) is 3.42. The van der Waals surface area contributed by atoms with Crippen molar-refractivity contribution in [3.8, 4) is 11.6 Å². The fourth-order valence-electron chi connectivity index (χ4n) is 2.90. The molecule has 2 aromatic heterocycles. The van der Waals surface area contributed by atoms with Gasteiger partial charge in [-0.2, -0.15) is 13.2 Å². The fourth-order valence-corrected chi connectivity index (χ4v) is 2.90. The fraction of sp³-hybridized carbons (Fsp3) is 0.562. The molecule has 12 heteroatoms. The van der Waals surface area contributed by atoms with Gasteiger partial charge in [-0.1, -0.05) is 0 Å². The molecule has 1 fully saturated rings. The van der Waals surface area contributed by atoms with Crippen molar-refractivity contribution in [3.63, 3.8) is 0 Å². The Hall–Kier alpha value is -1.83. The van der Waals surface area contributed by atoms with Crippen LogP contribution in [0.5, 0.6) is 0 Å². The van der Waals surface area contributed by atoms with Crippen molar-refractivity contribution >= 4 is 29.9 Å². The maximum Gasteiger partial charge on any atom is 0.401 e. The molecular weight excluding hydrogens is 490 g/mol. The average molecular weight is 513 g/mol. The van der Waals surface area contributed by atoms with Crippen molar-refractivity contribution < 1.29 is 17.6 Å². The Kier molecular flexibility index (Phi) is 8.10. The Morgan fingerprint density at radius 1 is 1.46 bits per heavy atom. The lowest BCUT2D eigenvalue weighted by Crippen LogP contribution is -2.45. The Labute approximate surface area is 177 Å². The molecule has 0 aromatic carbocycles. The molecular formula is C16H23F3IN7O. The van der Waals surface area contributed by atoms with E-state index in [0.29, 0.717) is 49.4 Å². The largest absolute Gasteiger partial charge is 0.461 e. The SMILES string of the molecule is CCNC(=NCc1nc(-c2ccco2)n[nH]1)NC1CCN(CC(F)(F)F)C1.I. The van der Waals surface area contributed by atoms with Gasteiger partial charge in [0.1, 0.15) is 12.4 Å². The molecule has 0 bridgehead atoms. The summed E-state index contributed by atoms with van der Waals surface area (Å²) in [5.41, 5.74) is 0. The zero-order chi connectivity index (χ0) is 19.3. The minimum absolute atomic E-state index is 0. The second-order valence-electron chi connectivity index (χ2n) is 6.26. The number of aliphatic imine (C=N–C) groups is 1. The van der Waals surface area contributed by atoms with Crippen molar-refractivity contribution in [1.82, 2.24) is 30.7 Å². The molecule has 2 aromatic rings. The predicted molar refractivity (Wildman–Crippen MR) is 108 cm³/mol. The van der Waals surface area contributed by atoms with E-state index < -0.39 is 12.7 Å². The lowest BCUT2D eigenvalue weighted by molar-refractivity contribution is -0.143. The van der Waals surface area contributed by atoms with Crippen LogP contribution in [0.1, 0.15) is 19.2 Å². The number of aromatic nitrogens is 3. The number of nitrogens with one attached hydrogen (secondary N) is 3. The predicted octanol–water partition coefficient (Wildman–Crippen LogP) is 2.37. The standard InChI is InChI=1S/C16H22F3N7O.HI/c1-2-20-15(22-11-5-6-26(9-11)10-16(17,18)19)21-8-13-23-14(25-24-13)12-4-3-7-27-12;/h3-4,7,11H,2,5-6,8-10H2,1H3,(H2,20,21,22)(H,23,24,25);1H. The van der Waals surface area contributed by atoms with Crippen molar-refractivity contribution in [2.75, 3.05) is 26.2 Å². The molecule has 0 aliphatic carbocycles. The van der Waals surface area contributed by atoms with Gasteiger partial charge >= 0.3 is 6.18 Å². The van der Waals surface area contributed by atoms with E-state index in [2.05, 4.69) is 30.8 Å². The Balaban J connectivity index is 0.00000280. The molecule has 0 amide bonds. The van der Waals surface area contributed by atoms with Gasteiger partial charge in [0.05, 0.1) is 12.8 Å². The summed E-state index contributed by atoms with van der Waals surface area (Å²) in [4.78, 5) is 10.1. The van der Waals surface area contributed by atoms with Crippen molar-refractivity contribution in [2.45, 2.75) is 32.1 Å². The molecule has 1 aliphatic heterocycles. The third-order valence-electron chi connectivity index (χ3n) is 4.02. The van der Waals surface area contributed by atoms with Crippen LogP contribution in [-0.4, -0.2) is 64.4 Å². The summed E-state index contributed by atoms with van der Waals surface area (Å²) < 4.78 is 42.8. The molecule has 1 saturated heterocycles. The van der Waals surface area contributed by atoms with Crippen LogP contribution in [0.3, 0.4) is 0 Å². The van der Waals surface area contributed by atoms with Gasteiger partial charge in [-0.05, 0) is 25.5 Å². The molecule has 0 spiro atoms. The Morgan fingerprint density at radius 3 is 2.96 bits per heavy atom. The number of alkyl halides is 3. The number of halogens is 4. The van der Waals surface area contributed by atoms with Crippen LogP contribution < -0.4 is 10.6 Å². The zero-order valence-electron chi connectivity index (χ0n) is 15.3. The van der Waals surface area contributed by atoms with Gasteiger partial charge < -0.3 is 15.1 Å². The van der Waals surface area contributed by atoms with E-state index in [1.807, 2.05) is 6.92 Å². The molecule has 0 radical (unpaired) electrons. The minimum Gasteiger partial charge on any atom is -0.461 e. The monoisotopic (exact) mass is 513 g/mol. The highest BCUT2D eigenvalue weighted by atomic mass is 127. The quantitative estimate of drug-likeness (QED) is 0.312. The first-order valence-electron chi connectivity index (χ1n) is 8.72. The molecule has 0 saturated carbocycles. The first-order chi connectivity index (χ1) is 12.9. The van der Waals surface area contributed by atoms with E-state index in [0.717, 1.165) is 0 Å². The number of nitrogens with zero attached hydrogens (tertiary/aromatic N) is 4. The highest BCUT2D eigenvalue weighted by molar-refractivity contribution is 14.0. The van der Waals surface area contributed by atoms with Gasteiger partial charge in [0.25, 0.3) is 0 Å². The number of hydrogen-bond acceptors (Lipinski definition) is 5. The smallest absolute Gasteiger partial charge is 0.401 e. The van der Waals surface area contributed by atoms with Crippen molar-refractivity contribution in [1.29, 1.82) is 0 Å². The molecule has 3 rings (SSSR count). The molecule has 1 unspecified atom stereocenters. The topological polar surface area (TPSA) is 94.4 Å². The van der Waals surface area contributed by atoms with E-state index in [1.165, 1.54) is 4.90 Å². The summed E-state index contributed by atoms with van der Waals surface area (Å²) >= 11 is 0. The molecule has 156 valence electrons. The number of likely N-dealkylation sites (tertiary alicyclic amines) is 1. The van der Waals surface area contributed by atoms with Gasteiger partial charge in [-0.25, -0.2) is 9.98 Å². The summed E-state index contributed by atoms with van der Waals surface area (Å²) in [5, 5.41) is 13.2. The van der Waals surface area contributed by atoms with Gasteiger partial charge in [0.2, 0.25) is 5.82 Å². The molecule has 1 aliphatic rings. The summed E-state index contributed by atoms with van der Waals surface area (Å²) in [5.74, 6) is 2.10. The maximum atomic E-state index is 12.5.